The third-order valence-electron chi connectivity index (χ3n) is 6.90. The molecule has 1 aliphatic heterocycles. The van der Waals surface area contributed by atoms with Crippen molar-refractivity contribution < 1.29 is 9.53 Å². The highest BCUT2D eigenvalue weighted by Crippen LogP contribution is 2.44. The van der Waals surface area contributed by atoms with Gasteiger partial charge in [-0.05, 0) is 52.4 Å². The van der Waals surface area contributed by atoms with Gasteiger partial charge in [0, 0.05) is 49.2 Å². The Morgan fingerprint density at radius 2 is 1.61 bits per heavy atom. The van der Waals surface area contributed by atoms with Gasteiger partial charge in [-0.2, -0.15) is 0 Å². The smallest absolute Gasteiger partial charge is 0.409 e. The summed E-state index contributed by atoms with van der Waals surface area (Å²) in [6, 6.07) is 20.8. The first-order valence-electron chi connectivity index (χ1n) is 11.4. The van der Waals surface area contributed by atoms with Crippen LogP contribution in [0.5, 0.6) is 0 Å². The molecule has 3 aromatic rings. The summed E-state index contributed by atoms with van der Waals surface area (Å²) in [7, 11) is 0. The number of ether oxygens (including phenoxy) is 1. The summed E-state index contributed by atoms with van der Waals surface area (Å²) < 4.78 is 5.83. The molecule has 1 fully saturated rings. The molecule has 5 nitrogen and oxygen atoms in total. The number of nitrogens with two attached hydrogens (primary N) is 1. The van der Waals surface area contributed by atoms with Crippen LogP contribution in [0, 0.1) is 6.92 Å². The van der Waals surface area contributed by atoms with Crippen molar-refractivity contribution in [2.24, 2.45) is 0 Å². The van der Waals surface area contributed by atoms with E-state index >= 15 is 0 Å². The van der Waals surface area contributed by atoms with Gasteiger partial charge in [0.25, 0.3) is 0 Å². The molecule has 0 spiro atoms. The topological polar surface area (TPSA) is 58.8 Å². The molecule has 1 aliphatic carbocycles. The van der Waals surface area contributed by atoms with Crippen molar-refractivity contribution in [3.63, 3.8) is 0 Å². The van der Waals surface area contributed by atoms with Crippen molar-refractivity contribution in [3.05, 3.63) is 82.9 Å². The third kappa shape index (κ3) is 4.33. The van der Waals surface area contributed by atoms with E-state index < -0.39 is 0 Å². The van der Waals surface area contributed by atoms with Gasteiger partial charge in [-0.1, -0.05) is 48.5 Å². The normalized spacial score (nSPS) is 15.9. The van der Waals surface area contributed by atoms with E-state index in [0.29, 0.717) is 19.7 Å². The molecule has 1 amide bonds. The SMILES string of the molecule is Cc1c(N)cc(S)cc1CN1CCN(C(=O)OCC2c3ccccc3-c3ccccc32)CC1. The minimum absolute atomic E-state index is 0.0876. The number of nitrogens with zero attached hydrogens (tertiary/aromatic N) is 2. The fourth-order valence-electron chi connectivity index (χ4n) is 4.96. The summed E-state index contributed by atoms with van der Waals surface area (Å²) in [5, 5.41) is 0. The van der Waals surface area contributed by atoms with Crippen molar-refractivity contribution in [1.82, 2.24) is 9.80 Å². The second-order valence-electron chi connectivity index (χ2n) is 8.89. The molecule has 6 heteroatoms. The van der Waals surface area contributed by atoms with Crippen LogP contribution in [0.2, 0.25) is 0 Å². The molecule has 33 heavy (non-hydrogen) atoms. The van der Waals surface area contributed by atoms with Crippen LogP contribution < -0.4 is 5.73 Å². The fourth-order valence-corrected chi connectivity index (χ4v) is 5.26. The Bertz CT molecular complexity index is 1140. The predicted molar refractivity (Wildman–Crippen MR) is 135 cm³/mol. The van der Waals surface area contributed by atoms with Crippen molar-refractivity contribution >= 4 is 24.4 Å². The average molecular weight is 460 g/mol. The number of anilines is 1. The highest BCUT2D eigenvalue weighted by Gasteiger charge is 2.30. The van der Waals surface area contributed by atoms with Crippen LogP contribution in [-0.4, -0.2) is 48.7 Å². The Morgan fingerprint density at radius 1 is 1.00 bits per heavy atom. The Balaban J connectivity index is 1.18. The monoisotopic (exact) mass is 459 g/mol. The molecule has 0 aromatic heterocycles. The number of hydrogen-bond acceptors (Lipinski definition) is 5. The van der Waals surface area contributed by atoms with Gasteiger partial charge in [-0.15, -0.1) is 12.6 Å². The molecule has 170 valence electrons. The van der Waals surface area contributed by atoms with Crippen LogP contribution in [0.1, 0.15) is 28.2 Å². The van der Waals surface area contributed by atoms with Crippen molar-refractivity contribution in [2.45, 2.75) is 24.3 Å². The van der Waals surface area contributed by atoms with Crippen LogP contribution >= 0.6 is 12.6 Å². The van der Waals surface area contributed by atoms with Gasteiger partial charge in [-0.25, -0.2) is 4.79 Å². The summed E-state index contributed by atoms with van der Waals surface area (Å²) in [6.45, 7) is 6.15. The molecule has 5 rings (SSSR count). The quantitative estimate of drug-likeness (QED) is 0.429. The molecule has 3 aromatic carbocycles. The van der Waals surface area contributed by atoms with E-state index in [1.165, 1.54) is 27.8 Å². The lowest BCUT2D eigenvalue weighted by molar-refractivity contribution is 0.0728. The van der Waals surface area contributed by atoms with E-state index in [9.17, 15) is 4.79 Å². The molecule has 2 N–H and O–H groups in total. The first-order chi connectivity index (χ1) is 16.0. The standard InChI is InChI=1S/C27H29N3O2S/c1-18-19(14-20(33)15-26(18)28)16-29-10-12-30(13-11-29)27(31)32-17-25-23-8-4-2-6-21(23)22-7-3-5-9-24(22)25/h2-9,14-15,25,33H,10-13,16-17,28H2,1H3. The minimum Gasteiger partial charge on any atom is -0.448 e. The van der Waals surface area contributed by atoms with Gasteiger partial charge in [0.2, 0.25) is 0 Å². The van der Waals surface area contributed by atoms with Gasteiger partial charge in [-0.3, -0.25) is 4.90 Å². The van der Waals surface area contributed by atoms with Gasteiger partial charge in [0.15, 0.2) is 0 Å². The van der Waals surface area contributed by atoms with E-state index in [-0.39, 0.29) is 12.0 Å². The zero-order valence-corrected chi connectivity index (χ0v) is 19.7. The second kappa shape index (κ2) is 9.12. The lowest BCUT2D eigenvalue weighted by Crippen LogP contribution is -2.48. The van der Waals surface area contributed by atoms with Gasteiger partial charge in [0.05, 0.1) is 0 Å². The Labute approximate surface area is 200 Å². The number of nitrogen functional groups attached to an aromatic ring is 1. The number of hydrogen-bond donors (Lipinski definition) is 2. The van der Waals surface area contributed by atoms with E-state index in [2.05, 4.69) is 72.1 Å². The van der Waals surface area contributed by atoms with Crippen LogP contribution in [0.15, 0.2) is 65.6 Å². The van der Waals surface area contributed by atoms with Crippen LogP contribution in [0.4, 0.5) is 10.5 Å². The van der Waals surface area contributed by atoms with Crippen LogP contribution in [0.25, 0.3) is 11.1 Å². The number of carbonyl (C=O) groups excluding carboxylic acids is 1. The number of benzene rings is 3. The van der Waals surface area contributed by atoms with E-state index in [4.69, 9.17) is 10.5 Å². The van der Waals surface area contributed by atoms with Crippen molar-refractivity contribution in [3.8, 4) is 11.1 Å². The zero-order chi connectivity index (χ0) is 22.9. The molecule has 0 saturated carbocycles. The van der Waals surface area contributed by atoms with Gasteiger partial charge >= 0.3 is 6.09 Å². The molecule has 0 atom stereocenters. The minimum atomic E-state index is -0.228. The molecule has 2 aliphatic rings. The molecule has 1 heterocycles. The largest absolute Gasteiger partial charge is 0.448 e. The molecular formula is C27H29N3O2S. The molecular weight excluding hydrogens is 430 g/mol. The summed E-state index contributed by atoms with van der Waals surface area (Å²) in [5.41, 5.74) is 14.1. The summed E-state index contributed by atoms with van der Waals surface area (Å²) in [6.07, 6.45) is -0.228. The van der Waals surface area contributed by atoms with E-state index in [1.807, 2.05) is 17.9 Å². The first-order valence-corrected chi connectivity index (χ1v) is 11.9. The Kier molecular flexibility index (Phi) is 6.04. The van der Waals surface area contributed by atoms with Crippen LogP contribution in [0.3, 0.4) is 0 Å². The highest BCUT2D eigenvalue weighted by molar-refractivity contribution is 7.80. The number of piperazine rings is 1. The predicted octanol–water partition coefficient (Wildman–Crippen LogP) is 4.93. The molecule has 0 bridgehead atoms. The maximum absolute atomic E-state index is 12.8. The zero-order valence-electron chi connectivity index (χ0n) is 18.8. The highest BCUT2D eigenvalue weighted by atomic mass is 32.1. The van der Waals surface area contributed by atoms with Crippen molar-refractivity contribution in [2.75, 3.05) is 38.5 Å². The first kappa shape index (κ1) is 21.9. The van der Waals surface area contributed by atoms with E-state index in [1.54, 1.807) is 0 Å². The van der Waals surface area contributed by atoms with Gasteiger partial charge < -0.3 is 15.4 Å². The number of amides is 1. The van der Waals surface area contributed by atoms with Crippen LogP contribution in [-0.2, 0) is 11.3 Å². The Hall–Kier alpha value is -2.96. The maximum Gasteiger partial charge on any atom is 0.409 e. The maximum atomic E-state index is 12.8. The lowest BCUT2D eigenvalue weighted by atomic mass is 9.98. The summed E-state index contributed by atoms with van der Waals surface area (Å²) >= 11 is 4.46. The second-order valence-corrected chi connectivity index (χ2v) is 9.40. The average Bonchev–Trinajstić information content (AvgIpc) is 3.15. The molecule has 0 radical (unpaired) electrons. The summed E-state index contributed by atoms with van der Waals surface area (Å²) in [4.78, 5) is 17.9. The lowest BCUT2D eigenvalue weighted by Gasteiger charge is -2.34. The number of fused-ring (bicyclic) bond motifs is 3. The Morgan fingerprint density at radius 3 is 2.24 bits per heavy atom. The third-order valence-corrected chi connectivity index (χ3v) is 7.16. The fraction of sp³-hybridized carbons (Fsp3) is 0.296. The number of carbonyl (C=O) groups is 1. The number of rotatable bonds is 4. The van der Waals surface area contributed by atoms with E-state index in [0.717, 1.165) is 35.8 Å². The number of thiol groups is 1. The van der Waals surface area contributed by atoms with Gasteiger partial charge in [0.1, 0.15) is 6.61 Å². The summed E-state index contributed by atoms with van der Waals surface area (Å²) in [5.74, 6) is 0.0876. The molecule has 1 saturated heterocycles. The molecule has 0 unspecified atom stereocenters. The van der Waals surface area contributed by atoms with Crippen molar-refractivity contribution in [1.29, 1.82) is 0 Å².